The molecule has 2 heterocycles. The third-order valence-electron chi connectivity index (χ3n) is 4.38. The lowest BCUT2D eigenvalue weighted by atomic mass is 10.0. The van der Waals surface area contributed by atoms with Crippen LogP contribution in [0.15, 0.2) is 18.2 Å². The molecule has 0 aliphatic carbocycles. The highest BCUT2D eigenvalue weighted by atomic mass is 35.5. The molecular formula is C17H27ClN2O. The van der Waals surface area contributed by atoms with Gasteiger partial charge in [-0.1, -0.05) is 12.5 Å². The minimum Gasteiger partial charge on any atom is -0.493 e. The molecule has 118 valence electrons. The predicted octanol–water partition coefficient (Wildman–Crippen LogP) is 3.72. The van der Waals surface area contributed by atoms with Gasteiger partial charge in [-0.25, -0.2) is 0 Å². The summed E-state index contributed by atoms with van der Waals surface area (Å²) in [6.45, 7) is 5.68. The quantitative estimate of drug-likeness (QED) is 0.839. The van der Waals surface area contributed by atoms with Crippen LogP contribution in [0.25, 0.3) is 0 Å². The molecule has 3 nitrogen and oxygen atoms in total. The molecule has 1 saturated heterocycles. The third-order valence-corrected chi connectivity index (χ3v) is 4.38. The van der Waals surface area contributed by atoms with Crippen LogP contribution in [0.2, 0.25) is 0 Å². The van der Waals surface area contributed by atoms with Crippen LogP contribution >= 0.6 is 12.4 Å². The fourth-order valence-electron chi connectivity index (χ4n) is 3.27. The average Bonchev–Trinajstić information content (AvgIpc) is 2.53. The molecule has 4 heteroatoms. The summed E-state index contributed by atoms with van der Waals surface area (Å²) in [6.07, 6.45) is 7.65. The predicted molar refractivity (Wildman–Crippen MR) is 90.9 cm³/mol. The second-order valence-electron chi connectivity index (χ2n) is 5.92. The summed E-state index contributed by atoms with van der Waals surface area (Å²) in [5, 5.41) is 3.46. The van der Waals surface area contributed by atoms with E-state index >= 15 is 0 Å². The molecule has 21 heavy (non-hydrogen) atoms. The van der Waals surface area contributed by atoms with E-state index in [-0.39, 0.29) is 12.4 Å². The number of ether oxygens (including phenoxy) is 1. The monoisotopic (exact) mass is 310 g/mol. The Morgan fingerprint density at radius 3 is 2.81 bits per heavy atom. The Bertz CT molecular complexity index is 433. The number of fused-ring (bicyclic) bond motifs is 1. The lowest BCUT2D eigenvalue weighted by molar-refractivity contribution is 0.204. The van der Waals surface area contributed by atoms with Crippen LogP contribution < -0.4 is 10.1 Å². The fraction of sp³-hybridized carbons (Fsp3) is 0.647. The van der Waals surface area contributed by atoms with Gasteiger partial charge in [0.2, 0.25) is 0 Å². The van der Waals surface area contributed by atoms with Gasteiger partial charge in [0.25, 0.3) is 0 Å². The lowest BCUT2D eigenvalue weighted by Crippen LogP contribution is -2.31. The molecule has 2 aliphatic heterocycles. The first-order valence-electron chi connectivity index (χ1n) is 8.14. The minimum absolute atomic E-state index is 0. The molecular weight excluding hydrogens is 284 g/mol. The van der Waals surface area contributed by atoms with Crippen LogP contribution in [-0.4, -0.2) is 37.7 Å². The zero-order valence-corrected chi connectivity index (χ0v) is 13.6. The van der Waals surface area contributed by atoms with E-state index < -0.39 is 0 Å². The first kappa shape index (κ1) is 16.4. The van der Waals surface area contributed by atoms with Gasteiger partial charge in [0, 0.05) is 24.3 Å². The van der Waals surface area contributed by atoms with Crippen molar-refractivity contribution in [3.8, 4) is 5.75 Å². The maximum absolute atomic E-state index is 6.03. The number of hydrogen-bond donors (Lipinski definition) is 1. The standard InChI is InChI=1S/C17H26N2O.ClH/c1-2-11-19(12-3-1)13-6-14-20-17-9-4-8-16-15(17)7-5-10-18-16;/h4,8-9,18H,1-3,5-7,10-14H2;1H. The van der Waals surface area contributed by atoms with Gasteiger partial charge in [0.15, 0.2) is 0 Å². The lowest BCUT2D eigenvalue weighted by Gasteiger charge is -2.26. The summed E-state index contributed by atoms with van der Waals surface area (Å²) in [4.78, 5) is 2.58. The van der Waals surface area contributed by atoms with Crippen LogP contribution in [0.4, 0.5) is 5.69 Å². The zero-order chi connectivity index (χ0) is 13.6. The van der Waals surface area contributed by atoms with Crippen LogP contribution in [0.5, 0.6) is 5.75 Å². The highest BCUT2D eigenvalue weighted by Crippen LogP contribution is 2.30. The SMILES string of the molecule is Cl.c1cc2c(c(OCCCN3CCCCC3)c1)CCCN2. The second kappa shape index (κ2) is 8.50. The van der Waals surface area contributed by atoms with E-state index in [1.54, 1.807) is 0 Å². The second-order valence-corrected chi connectivity index (χ2v) is 5.92. The number of halogens is 1. The van der Waals surface area contributed by atoms with Crippen LogP contribution in [-0.2, 0) is 6.42 Å². The molecule has 0 aromatic heterocycles. The van der Waals surface area contributed by atoms with Crippen molar-refractivity contribution in [3.05, 3.63) is 23.8 Å². The van der Waals surface area contributed by atoms with E-state index in [1.165, 1.54) is 56.6 Å². The Morgan fingerprint density at radius 2 is 1.95 bits per heavy atom. The Morgan fingerprint density at radius 1 is 1.10 bits per heavy atom. The normalized spacial score (nSPS) is 18.3. The van der Waals surface area contributed by atoms with Crippen molar-refractivity contribution in [2.75, 3.05) is 38.1 Å². The molecule has 0 atom stereocenters. The van der Waals surface area contributed by atoms with Crippen molar-refractivity contribution in [2.45, 2.75) is 38.5 Å². The Labute approximate surface area is 134 Å². The molecule has 0 radical (unpaired) electrons. The molecule has 1 N–H and O–H groups in total. The molecule has 0 unspecified atom stereocenters. The molecule has 0 saturated carbocycles. The molecule has 1 aromatic carbocycles. The number of benzene rings is 1. The van der Waals surface area contributed by atoms with Crippen molar-refractivity contribution in [2.24, 2.45) is 0 Å². The number of nitrogens with one attached hydrogen (secondary N) is 1. The molecule has 1 aromatic rings. The Kier molecular flexibility index (Phi) is 6.65. The number of anilines is 1. The smallest absolute Gasteiger partial charge is 0.124 e. The Balaban J connectivity index is 0.00000161. The molecule has 0 amide bonds. The van der Waals surface area contributed by atoms with Gasteiger partial charge in [-0.3, -0.25) is 0 Å². The molecule has 3 rings (SSSR count). The summed E-state index contributed by atoms with van der Waals surface area (Å²) < 4.78 is 6.03. The van der Waals surface area contributed by atoms with Crippen molar-refractivity contribution >= 4 is 18.1 Å². The van der Waals surface area contributed by atoms with Gasteiger partial charge in [-0.15, -0.1) is 12.4 Å². The third kappa shape index (κ3) is 4.52. The summed E-state index contributed by atoms with van der Waals surface area (Å²) in [7, 11) is 0. The van der Waals surface area contributed by atoms with E-state index in [1.807, 2.05) is 0 Å². The highest BCUT2D eigenvalue weighted by Gasteiger charge is 2.13. The summed E-state index contributed by atoms with van der Waals surface area (Å²) in [6, 6.07) is 6.37. The van der Waals surface area contributed by atoms with Crippen LogP contribution in [0, 0.1) is 0 Å². The van der Waals surface area contributed by atoms with Crippen molar-refractivity contribution in [3.63, 3.8) is 0 Å². The van der Waals surface area contributed by atoms with E-state index in [0.717, 1.165) is 31.7 Å². The van der Waals surface area contributed by atoms with Crippen LogP contribution in [0.1, 0.15) is 37.7 Å². The van der Waals surface area contributed by atoms with Crippen molar-refractivity contribution in [1.29, 1.82) is 0 Å². The van der Waals surface area contributed by atoms with Crippen LogP contribution in [0.3, 0.4) is 0 Å². The van der Waals surface area contributed by atoms with Gasteiger partial charge in [-0.05, 0) is 57.3 Å². The maximum atomic E-state index is 6.03. The number of hydrogen-bond acceptors (Lipinski definition) is 3. The number of nitrogens with zero attached hydrogens (tertiary/aromatic N) is 1. The fourth-order valence-corrected chi connectivity index (χ4v) is 3.27. The van der Waals surface area contributed by atoms with Gasteiger partial charge >= 0.3 is 0 Å². The first-order chi connectivity index (χ1) is 9.93. The summed E-state index contributed by atoms with van der Waals surface area (Å²) in [5.74, 6) is 1.09. The van der Waals surface area contributed by atoms with E-state index in [4.69, 9.17) is 4.74 Å². The summed E-state index contributed by atoms with van der Waals surface area (Å²) in [5.41, 5.74) is 2.64. The number of piperidine rings is 1. The van der Waals surface area contributed by atoms with E-state index in [2.05, 4.69) is 28.4 Å². The number of likely N-dealkylation sites (tertiary alicyclic amines) is 1. The zero-order valence-electron chi connectivity index (χ0n) is 12.8. The summed E-state index contributed by atoms with van der Waals surface area (Å²) >= 11 is 0. The molecule has 2 aliphatic rings. The molecule has 0 bridgehead atoms. The highest BCUT2D eigenvalue weighted by molar-refractivity contribution is 5.85. The maximum Gasteiger partial charge on any atom is 0.124 e. The van der Waals surface area contributed by atoms with Gasteiger partial charge in [-0.2, -0.15) is 0 Å². The Hall–Kier alpha value is -0.930. The molecule has 0 spiro atoms. The average molecular weight is 311 g/mol. The molecule has 1 fully saturated rings. The number of rotatable bonds is 5. The first-order valence-corrected chi connectivity index (χ1v) is 8.14. The largest absolute Gasteiger partial charge is 0.493 e. The van der Waals surface area contributed by atoms with E-state index in [0.29, 0.717) is 0 Å². The van der Waals surface area contributed by atoms with Gasteiger partial charge in [0.05, 0.1) is 6.61 Å². The topological polar surface area (TPSA) is 24.5 Å². The minimum atomic E-state index is 0. The van der Waals surface area contributed by atoms with Gasteiger partial charge < -0.3 is 15.0 Å². The van der Waals surface area contributed by atoms with E-state index in [9.17, 15) is 0 Å². The van der Waals surface area contributed by atoms with Gasteiger partial charge in [0.1, 0.15) is 5.75 Å². The van der Waals surface area contributed by atoms with Crippen molar-refractivity contribution < 1.29 is 4.74 Å². The van der Waals surface area contributed by atoms with Crippen molar-refractivity contribution in [1.82, 2.24) is 4.90 Å².